The molecule has 0 saturated carbocycles. The Hall–Kier alpha value is -1.83. The Morgan fingerprint density at radius 1 is 0.585 bits per heavy atom. The Bertz CT molecular complexity index is 1240. The van der Waals surface area contributed by atoms with E-state index in [1.807, 2.05) is 0 Å². The summed E-state index contributed by atoms with van der Waals surface area (Å²) in [4.78, 5) is 0. The number of benzene rings is 2. The lowest BCUT2D eigenvalue weighted by Crippen LogP contribution is -2.44. The molecule has 0 unspecified atom stereocenters. The molecule has 0 saturated heterocycles. The summed E-state index contributed by atoms with van der Waals surface area (Å²) in [5.74, 6) is 2.42. The van der Waals surface area contributed by atoms with Gasteiger partial charge in [-0.3, -0.25) is 0 Å². The first kappa shape index (κ1) is 32.1. The zero-order chi connectivity index (χ0) is 30.4. The number of rotatable bonds is 12. The van der Waals surface area contributed by atoms with Crippen LogP contribution < -0.4 is 0 Å². The van der Waals surface area contributed by atoms with Crippen molar-refractivity contribution in [2.24, 2.45) is 0 Å². The molecule has 2 aromatic rings. The third-order valence-corrected chi connectivity index (χ3v) is 23.3. The van der Waals surface area contributed by atoms with Crippen LogP contribution in [0.15, 0.2) is 58.9 Å². The Morgan fingerprint density at radius 3 is 1.27 bits per heavy atom. The van der Waals surface area contributed by atoms with Gasteiger partial charge in [-0.05, 0) is 83.5 Å². The van der Waals surface area contributed by atoms with E-state index in [0.29, 0.717) is 0 Å². The SMILES string of the molecule is CCCC(C)(C)[Si](C)(C)OC1=C([Si](C)(C)C2=C(O[Si](C)(C)C(C)(C)CCC)c3ccccc3C2)Cc2ccccc21. The van der Waals surface area contributed by atoms with Crippen molar-refractivity contribution in [3.8, 4) is 0 Å². The maximum atomic E-state index is 7.40. The fourth-order valence-electron chi connectivity index (χ4n) is 6.72. The first-order valence-corrected chi connectivity index (χ1v) is 24.8. The maximum Gasteiger partial charge on any atom is 0.250 e. The highest BCUT2D eigenvalue weighted by Crippen LogP contribution is 2.52. The third kappa shape index (κ3) is 5.88. The number of fused-ring (bicyclic) bond motifs is 2. The molecule has 2 aromatic carbocycles. The average molecular weight is 605 g/mol. The number of hydrogen-bond acceptors (Lipinski definition) is 2. The van der Waals surface area contributed by atoms with Crippen molar-refractivity contribution >= 4 is 36.2 Å². The largest absolute Gasteiger partial charge is 0.543 e. The van der Waals surface area contributed by atoms with Gasteiger partial charge < -0.3 is 8.85 Å². The van der Waals surface area contributed by atoms with Crippen LogP contribution in [-0.4, -0.2) is 24.7 Å². The van der Waals surface area contributed by atoms with Gasteiger partial charge in [0.05, 0.1) is 0 Å². The van der Waals surface area contributed by atoms with Crippen LogP contribution in [0.5, 0.6) is 0 Å². The predicted octanol–water partition coefficient (Wildman–Crippen LogP) is 11.3. The summed E-state index contributed by atoms with van der Waals surface area (Å²) in [7, 11) is -6.31. The fraction of sp³-hybridized carbons (Fsp3) is 0.556. The molecule has 0 radical (unpaired) electrons. The van der Waals surface area contributed by atoms with E-state index < -0.39 is 24.7 Å². The smallest absolute Gasteiger partial charge is 0.250 e. The van der Waals surface area contributed by atoms with Crippen LogP contribution in [-0.2, 0) is 21.7 Å². The van der Waals surface area contributed by atoms with Gasteiger partial charge in [-0.1, -0.05) is 116 Å². The van der Waals surface area contributed by atoms with Crippen molar-refractivity contribution in [3.05, 3.63) is 81.2 Å². The number of allylic oxidation sites excluding steroid dienone is 2. The average Bonchev–Trinajstić information content (AvgIpc) is 3.43. The highest BCUT2D eigenvalue weighted by molar-refractivity contribution is 6.92. The molecule has 5 heteroatoms. The van der Waals surface area contributed by atoms with Crippen molar-refractivity contribution in [2.75, 3.05) is 0 Å². The summed E-state index contributed by atoms with van der Waals surface area (Å²) in [5, 5.41) is 3.51. The first-order valence-electron chi connectivity index (χ1n) is 16.0. The van der Waals surface area contributed by atoms with Gasteiger partial charge in [0, 0.05) is 11.1 Å². The van der Waals surface area contributed by atoms with Gasteiger partial charge in [0.25, 0.3) is 16.6 Å². The van der Waals surface area contributed by atoms with Gasteiger partial charge in [-0.15, -0.1) is 0 Å². The van der Waals surface area contributed by atoms with Crippen molar-refractivity contribution in [3.63, 3.8) is 0 Å². The molecule has 0 N–H and O–H groups in total. The molecule has 0 atom stereocenters. The Labute approximate surface area is 254 Å². The minimum Gasteiger partial charge on any atom is -0.543 e. The van der Waals surface area contributed by atoms with E-state index in [9.17, 15) is 0 Å². The summed E-state index contributed by atoms with van der Waals surface area (Å²) in [6.45, 7) is 29.2. The van der Waals surface area contributed by atoms with Crippen LogP contribution in [0.1, 0.15) is 89.5 Å². The normalized spacial score (nSPS) is 16.3. The Balaban J connectivity index is 1.87. The van der Waals surface area contributed by atoms with Crippen molar-refractivity contribution in [2.45, 2.75) is 129 Å². The van der Waals surface area contributed by atoms with Gasteiger partial charge in [-0.2, -0.15) is 0 Å². The van der Waals surface area contributed by atoms with Crippen LogP contribution in [0.3, 0.4) is 0 Å². The summed E-state index contributed by atoms with van der Waals surface area (Å²) in [6, 6.07) is 18.0. The van der Waals surface area contributed by atoms with Gasteiger partial charge in [0.1, 0.15) is 19.6 Å². The number of hydrogen-bond donors (Lipinski definition) is 0. The molecule has 0 bridgehead atoms. The molecule has 0 aromatic heterocycles. The zero-order valence-electron chi connectivity index (χ0n) is 28.2. The lowest BCUT2D eigenvalue weighted by Gasteiger charge is -2.42. The molecular weight excluding hydrogens is 549 g/mol. The monoisotopic (exact) mass is 604 g/mol. The quantitative estimate of drug-likeness (QED) is 0.224. The van der Waals surface area contributed by atoms with E-state index in [0.717, 1.165) is 12.8 Å². The molecule has 224 valence electrons. The zero-order valence-corrected chi connectivity index (χ0v) is 31.2. The second-order valence-corrected chi connectivity index (χ2v) is 29.0. The molecule has 0 amide bonds. The van der Waals surface area contributed by atoms with E-state index in [2.05, 4.69) is 129 Å². The summed E-state index contributed by atoms with van der Waals surface area (Å²) in [6.07, 6.45) is 6.77. The standard InChI is InChI=1S/C36H56O2Si3/c1-13-23-35(3,4)40(9,10)37-33-29-21-17-15-19-27(29)25-31(33)39(7,8)32-26-28-20-16-18-22-30(28)34(32)38-41(11,12)36(5,6)24-14-2/h15-22H,13-14,23-26H2,1-12H3. The molecule has 2 aliphatic rings. The Kier molecular flexibility index (Phi) is 8.88. The highest BCUT2D eigenvalue weighted by atomic mass is 28.4. The molecule has 41 heavy (non-hydrogen) atoms. The van der Waals surface area contributed by atoms with Crippen LogP contribution in [0.4, 0.5) is 0 Å². The Morgan fingerprint density at radius 2 is 0.927 bits per heavy atom. The van der Waals surface area contributed by atoms with Crippen molar-refractivity contribution in [1.29, 1.82) is 0 Å². The summed E-state index contributed by atoms with van der Waals surface area (Å²) in [5.41, 5.74) is 5.50. The van der Waals surface area contributed by atoms with E-state index in [-0.39, 0.29) is 10.1 Å². The third-order valence-electron chi connectivity index (χ3n) is 11.0. The van der Waals surface area contributed by atoms with Crippen LogP contribution in [0.25, 0.3) is 11.5 Å². The minimum atomic E-state index is -2.16. The highest BCUT2D eigenvalue weighted by Gasteiger charge is 2.49. The first-order chi connectivity index (χ1) is 19.0. The van der Waals surface area contributed by atoms with Gasteiger partial charge in [0.2, 0.25) is 0 Å². The summed E-state index contributed by atoms with van der Waals surface area (Å²) < 4.78 is 14.8. The van der Waals surface area contributed by atoms with Crippen molar-refractivity contribution in [1.82, 2.24) is 0 Å². The maximum absolute atomic E-state index is 7.40. The molecule has 0 aliphatic heterocycles. The van der Waals surface area contributed by atoms with E-state index >= 15 is 0 Å². The van der Waals surface area contributed by atoms with E-state index in [1.54, 1.807) is 10.4 Å². The van der Waals surface area contributed by atoms with Crippen LogP contribution in [0.2, 0.25) is 49.4 Å². The molecule has 2 nitrogen and oxygen atoms in total. The van der Waals surface area contributed by atoms with Gasteiger partial charge >= 0.3 is 0 Å². The van der Waals surface area contributed by atoms with Crippen molar-refractivity contribution < 1.29 is 8.85 Å². The van der Waals surface area contributed by atoms with Gasteiger partial charge in [-0.25, -0.2) is 0 Å². The summed E-state index contributed by atoms with van der Waals surface area (Å²) >= 11 is 0. The lowest BCUT2D eigenvalue weighted by molar-refractivity contribution is 0.427. The van der Waals surface area contributed by atoms with Gasteiger partial charge in [0.15, 0.2) is 0 Å². The molecule has 2 aliphatic carbocycles. The predicted molar refractivity (Wildman–Crippen MR) is 187 cm³/mol. The fourth-order valence-corrected chi connectivity index (χ4v) is 13.8. The lowest BCUT2D eigenvalue weighted by atomic mass is 10.1. The molecular formula is C36H56O2Si3. The second kappa shape index (κ2) is 11.3. The molecule has 0 heterocycles. The van der Waals surface area contributed by atoms with Crippen LogP contribution >= 0.6 is 0 Å². The van der Waals surface area contributed by atoms with E-state index in [4.69, 9.17) is 8.85 Å². The van der Waals surface area contributed by atoms with E-state index in [1.165, 1.54) is 59.5 Å². The second-order valence-electron chi connectivity index (χ2n) is 15.4. The molecule has 0 fully saturated rings. The molecule has 0 spiro atoms. The molecule has 4 rings (SSSR count). The minimum absolute atomic E-state index is 0.195. The topological polar surface area (TPSA) is 18.5 Å². The van der Waals surface area contributed by atoms with Crippen LogP contribution in [0, 0.1) is 0 Å².